The quantitative estimate of drug-likeness (QED) is 0.321. The van der Waals surface area contributed by atoms with E-state index < -0.39 is 17.5 Å². The lowest BCUT2D eigenvalue weighted by Crippen LogP contribution is -2.53. The predicted octanol–water partition coefficient (Wildman–Crippen LogP) is 4.67. The van der Waals surface area contributed by atoms with Gasteiger partial charge in [-0.1, -0.05) is 85.7 Å². The molecular formula is C34H44N2O5. The summed E-state index contributed by atoms with van der Waals surface area (Å²) < 4.78 is 5.92. The third kappa shape index (κ3) is 9.56. The first-order chi connectivity index (χ1) is 20.0. The molecule has 3 atom stereocenters. The van der Waals surface area contributed by atoms with Crippen molar-refractivity contribution >= 4 is 17.8 Å². The van der Waals surface area contributed by atoms with E-state index in [4.69, 9.17) is 4.74 Å². The number of hydrogen-bond donors (Lipinski definition) is 3. The number of benzene rings is 2. The molecule has 7 nitrogen and oxygen atoms in total. The number of ether oxygens (including phenoxy) is 1. The van der Waals surface area contributed by atoms with Crippen molar-refractivity contribution in [1.82, 2.24) is 10.6 Å². The molecule has 0 aromatic heterocycles. The third-order valence-corrected chi connectivity index (χ3v) is 8.32. The van der Waals surface area contributed by atoms with Crippen molar-refractivity contribution < 1.29 is 24.2 Å². The van der Waals surface area contributed by atoms with Gasteiger partial charge in [0.2, 0.25) is 11.8 Å². The van der Waals surface area contributed by atoms with Gasteiger partial charge in [-0.2, -0.15) is 0 Å². The van der Waals surface area contributed by atoms with Crippen LogP contribution in [0.4, 0.5) is 0 Å². The first-order valence-electron chi connectivity index (χ1n) is 15.1. The van der Waals surface area contributed by atoms with E-state index in [-0.39, 0.29) is 43.3 Å². The number of allylic oxidation sites excluding steroid dienone is 2. The van der Waals surface area contributed by atoms with Gasteiger partial charge in [-0.15, -0.1) is 0 Å². The summed E-state index contributed by atoms with van der Waals surface area (Å²) in [7, 11) is 0. The molecule has 1 saturated carbocycles. The van der Waals surface area contributed by atoms with Crippen LogP contribution in [-0.4, -0.2) is 47.7 Å². The Morgan fingerprint density at radius 1 is 0.951 bits per heavy atom. The topological polar surface area (TPSA) is 105 Å². The van der Waals surface area contributed by atoms with E-state index in [0.29, 0.717) is 19.3 Å². The highest BCUT2D eigenvalue weighted by atomic mass is 16.5. The first kappa shape index (κ1) is 30.5. The van der Waals surface area contributed by atoms with E-state index in [1.807, 2.05) is 72.8 Å². The number of cyclic esters (lactones) is 1. The zero-order valence-corrected chi connectivity index (χ0v) is 23.9. The summed E-state index contributed by atoms with van der Waals surface area (Å²) in [5.41, 5.74) is 1.53. The van der Waals surface area contributed by atoms with E-state index >= 15 is 0 Å². The summed E-state index contributed by atoms with van der Waals surface area (Å²) in [6, 6.07) is 19.3. The van der Waals surface area contributed by atoms with Crippen LogP contribution in [0.2, 0.25) is 0 Å². The van der Waals surface area contributed by atoms with E-state index in [9.17, 15) is 19.5 Å². The number of carbonyl (C=O) groups is 3. The SMILES string of the molecule is O=C(CC1CC=CCCCC(Cc2ccccc2)C(=O)OCC2(CCCC2)NC1=O)NC(CO)Cc1ccccc1. The zero-order chi connectivity index (χ0) is 28.9. The van der Waals surface area contributed by atoms with Crippen LogP contribution in [-0.2, 0) is 32.0 Å². The second-order valence-corrected chi connectivity index (χ2v) is 11.6. The Labute approximate surface area is 243 Å². The lowest BCUT2D eigenvalue weighted by molar-refractivity contribution is -0.152. The smallest absolute Gasteiger partial charge is 0.309 e. The fourth-order valence-electron chi connectivity index (χ4n) is 5.96. The van der Waals surface area contributed by atoms with Gasteiger partial charge < -0.3 is 20.5 Å². The Balaban J connectivity index is 1.43. The normalized spacial score (nSPS) is 22.4. The molecule has 2 amide bonds. The van der Waals surface area contributed by atoms with Crippen molar-refractivity contribution in [1.29, 1.82) is 0 Å². The molecule has 0 radical (unpaired) electrons. The standard InChI is InChI=1S/C34H44N2O5/c37-24-30(22-27-15-7-4-8-16-27)35-31(38)23-28-17-9-1-2-10-18-29(21-26-13-5-3-6-14-26)33(40)41-25-34(36-32(28)39)19-11-12-20-34/h1,3-9,13-16,28-30,37H,2,10-12,17-25H2,(H,35,38)(H,36,39). The van der Waals surface area contributed by atoms with Gasteiger partial charge in [-0.05, 0) is 62.5 Å². The van der Waals surface area contributed by atoms with Crippen LogP contribution in [0.15, 0.2) is 72.8 Å². The zero-order valence-electron chi connectivity index (χ0n) is 23.9. The summed E-state index contributed by atoms with van der Waals surface area (Å²) in [6.07, 6.45) is 11.4. The number of aliphatic hydroxyl groups is 1. The molecule has 4 rings (SSSR count). The van der Waals surface area contributed by atoms with Crippen molar-refractivity contribution in [2.24, 2.45) is 11.8 Å². The van der Waals surface area contributed by atoms with Gasteiger partial charge in [-0.3, -0.25) is 14.4 Å². The van der Waals surface area contributed by atoms with Crippen LogP contribution in [0.5, 0.6) is 0 Å². The summed E-state index contributed by atoms with van der Waals surface area (Å²) >= 11 is 0. The van der Waals surface area contributed by atoms with Crippen LogP contribution in [0, 0.1) is 11.8 Å². The molecule has 2 aromatic rings. The van der Waals surface area contributed by atoms with Crippen molar-refractivity contribution in [2.75, 3.05) is 13.2 Å². The van der Waals surface area contributed by atoms with E-state index in [1.54, 1.807) is 0 Å². The number of aliphatic hydroxyl groups excluding tert-OH is 1. The highest BCUT2D eigenvalue weighted by molar-refractivity contribution is 5.86. The van der Waals surface area contributed by atoms with Crippen LogP contribution < -0.4 is 10.6 Å². The molecule has 2 aliphatic rings. The molecule has 2 aromatic carbocycles. The maximum absolute atomic E-state index is 13.6. The second kappa shape index (κ2) is 15.5. The van der Waals surface area contributed by atoms with Gasteiger partial charge in [0.15, 0.2) is 0 Å². The van der Waals surface area contributed by atoms with E-state index in [0.717, 1.165) is 56.1 Å². The molecular weight excluding hydrogens is 516 g/mol. The van der Waals surface area contributed by atoms with Gasteiger partial charge >= 0.3 is 5.97 Å². The lowest BCUT2D eigenvalue weighted by atomic mass is 9.92. The molecule has 1 aliphatic heterocycles. The molecule has 1 aliphatic carbocycles. The van der Waals surface area contributed by atoms with Gasteiger partial charge in [0.05, 0.1) is 30.0 Å². The van der Waals surface area contributed by atoms with Crippen molar-refractivity contribution in [3.05, 3.63) is 83.9 Å². The number of nitrogens with one attached hydrogen (secondary N) is 2. The summed E-state index contributed by atoms with van der Waals surface area (Å²) in [4.78, 5) is 39.9. The molecule has 3 unspecified atom stereocenters. The van der Waals surface area contributed by atoms with Crippen LogP contribution in [0.1, 0.15) is 68.9 Å². The summed E-state index contributed by atoms with van der Waals surface area (Å²) in [5, 5.41) is 16.0. The average Bonchev–Trinajstić information content (AvgIpc) is 3.45. The molecule has 0 bridgehead atoms. The van der Waals surface area contributed by atoms with E-state index in [2.05, 4.69) is 10.6 Å². The fraction of sp³-hybridized carbons (Fsp3) is 0.500. The average molecular weight is 561 g/mol. The van der Waals surface area contributed by atoms with Gasteiger partial charge in [0.1, 0.15) is 6.61 Å². The van der Waals surface area contributed by atoms with Crippen LogP contribution in [0.25, 0.3) is 0 Å². The highest BCUT2D eigenvalue weighted by Gasteiger charge is 2.39. The maximum atomic E-state index is 13.6. The van der Waals surface area contributed by atoms with Gasteiger partial charge in [0.25, 0.3) is 0 Å². The Hall–Kier alpha value is -3.45. The molecule has 1 heterocycles. The fourth-order valence-corrected chi connectivity index (χ4v) is 5.96. The molecule has 1 fully saturated rings. The Morgan fingerprint density at radius 2 is 1.63 bits per heavy atom. The number of amides is 2. The van der Waals surface area contributed by atoms with Crippen molar-refractivity contribution in [3.63, 3.8) is 0 Å². The maximum Gasteiger partial charge on any atom is 0.309 e. The highest BCUT2D eigenvalue weighted by Crippen LogP contribution is 2.32. The molecule has 7 heteroatoms. The summed E-state index contributed by atoms with van der Waals surface area (Å²) in [6.45, 7) is -0.0293. The van der Waals surface area contributed by atoms with Crippen LogP contribution in [0.3, 0.4) is 0 Å². The van der Waals surface area contributed by atoms with Crippen molar-refractivity contribution in [2.45, 2.75) is 82.2 Å². The lowest BCUT2D eigenvalue weighted by Gasteiger charge is -2.32. The number of carbonyl (C=O) groups excluding carboxylic acids is 3. The molecule has 0 saturated heterocycles. The van der Waals surface area contributed by atoms with Crippen molar-refractivity contribution in [3.8, 4) is 0 Å². The number of esters is 1. The molecule has 3 N–H and O–H groups in total. The molecule has 41 heavy (non-hydrogen) atoms. The molecule has 1 spiro atoms. The molecule has 220 valence electrons. The Kier molecular flexibility index (Phi) is 11.6. The third-order valence-electron chi connectivity index (χ3n) is 8.32. The van der Waals surface area contributed by atoms with E-state index in [1.165, 1.54) is 0 Å². The first-order valence-corrected chi connectivity index (χ1v) is 15.1. The minimum Gasteiger partial charge on any atom is -0.463 e. The summed E-state index contributed by atoms with van der Waals surface area (Å²) in [5.74, 6) is -1.44. The van der Waals surface area contributed by atoms with Gasteiger partial charge in [-0.25, -0.2) is 0 Å². The van der Waals surface area contributed by atoms with Gasteiger partial charge in [0, 0.05) is 6.42 Å². The second-order valence-electron chi connectivity index (χ2n) is 11.6. The predicted molar refractivity (Wildman–Crippen MR) is 159 cm³/mol. The number of rotatable bonds is 8. The number of hydrogen-bond acceptors (Lipinski definition) is 5. The minimum absolute atomic E-state index is 0.0243. The van der Waals surface area contributed by atoms with Crippen LogP contribution >= 0.6 is 0 Å². The monoisotopic (exact) mass is 560 g/mol. The Morgan fingerprint density at radius 3 is 2.32 bits per heavy atom. The Bertz CT molecular complexity index is 1140. The largest absolute Gasteiger partial charge is 0.463 e. The minimum atomic E-state index is -0.604.